The number of thioether (sulfide) groups is 1. The number of nitrogen functional groups attached to an aromatic ring is 1. The third-order valence-corrected chi connectivity index (χ3v) is 5.92. The largest absolute Gasteiger partial charge is 0.492 e. The number of nitrogens with zero attached hydrogens (tertiary/aromatic N) is 4. The van der Waals surface area contributed by atoms with Crippen LogP contribution in [0.5, 0.6) is 5.75 Å². The number of aliphatic hydroxyl groups excluding tert-OH is 1. The van der Waals surface area contributed by atoms with Crippen LogP contribution >= 0.6 is 11.8 Å². The average Bonchev–Trinajstić information content (AvgIpc) is 3.14. The molecule has 31 heavy (non-hydrogen) atoms. The van der Waals surface area contributed by atoms with E-state index in [0.29, 0.717) is 24.5 Å². The molecule has 0 saturated carbocycles. The number of rotatable bonds is 8. The van der Waals surface area contributed by atoms with Crippen LogP contribution in [0.15, 0.2) is 47.6 Å². The lowest BCUT2D eigenvalue weighted by Crippen LogP contribution is -2.19. The molecule has 162 valence electrons. The maximum Gasteiger partial charge on any atom is 0.169 e. The zero-order valence-corrected chi connectivity index (χ0v) is 18.8. The SMILES string of the molecule is CSc1nc2c(N)nc3ccccc3c2n1Cc1ccc(OCCN(C)C)cc1CO. The van der Waals surface area contributed by atoms with Crippen LogP contribution in [0.4, 0.5) is 5.82 Å². The molecule has 0 aliphatic rings. The minimum absolute atomic E-state index is 0.0636. The van der Waals surface area contributed by atoms with E-state index in [-0.39, 0.29) is 6.61 Å². The van der Waals surface area contributed by atoms with Gasteiger partial charge in [0, 0.05) is 11.9 Å². The van der Waals surface area contributed by atoms with Crippen molar-refractivity contribution in [2.45, 2.75) is 18.3 Å². The molecule has 3 N–H and O–H groups in total. The summed E-state index contributed by atoms with van der Waals surface area (Å²) in [7, 11) is 4.02. The number of nitrogens with two attached hydrogens (primary N) is 1. The van der Waals surface area contributed by atoms with Crippen molar-refractivity contribution in [2.75, 3.05) is 39.2 Å². The van der Waals surface area contributed by atoms with E-state index in [4.69, 9.17) is 15.5 Å². The van der Waals surface area contributed by atoms with Crippen molar-refractivity contribution in [2.24, 2.45) is 0 Å². The van der Waals surface area contributed by atoms with Crippen LogP contribution in [0.2, 0.25) is 0 Å². The Morgan fingerprint density at radius 2 is 1.94 bits per heavy atom. The van der Waals surface area contributed by atoms with Gasteiger partial charge in [0.2, 0.25) is 0 Å². The van der Waals surface area contributed by atoms with Gasteiger partial charge in [-0.2, -0.15) is 0 Å². The summed E-state index contributed by atoms with van der Waals surface area (Å²) >= 11 is 1.56. The Morgan fingerprint density at radius 1 is 1.13 bits per heavy atom. The average molecular weight is 438 g/mol. The van der Waals surface area contributed by atoms with Crippen LogP contribution in [0, 0.1) is 0 Å². The van der Waals surface area contributed by atoms with Crippen LogP contribution in [0.1, 0.15) is 11.1 Å². The predicted molar refractivity (Wildman–Crippen MR) is 127 cm³/mol. The van der Waals surface area contributed by atoms with Gasteiger partial charge in [0.05, 0.1) is 24.2 Å². The number of aromatic nitrogens is 3. The molecule has 0 spiro atoms. The third kappa shape index (κ3) is 4.32. The van der Waals surface area contributed by atoms with Gasteiger partial charge in [0.25, 0.3) is 0 Å². The van der Waals surface area contributed by atoms with Crippen molar-refractivity contribution < 1.29 is 9.84 Å². The Kier molecular flexibility index (Phi) is 6.31. The molecule has 0 aliphatic heterocycles. The molecule has 2 aromatic carbocycles. The molecule has 0 bridgehead atoms. The maximum atomic E-state index is 10.0. The van der Waals surface area contributed by atoms with E-state index in [1.807, 2.05) is 62.8 Å². The van der Waals surface area contributed by atoms with Gasteiger partial charge in [-0.1, -0.05) is 36.0 Å². The fraction of sp³-hybridized carbons (Fsp3) is 0.304. The van der Waals surface area contributed by atoms with Crippen molar-refractivity contribution in [1.29, 1.82) is 0 Å². The quantitative estimate of drug-likeness (QED) is 0.409. The van der Waals surface area contributed by atoms with Crippen LogP contribution in [0.3, 0.4) is 0 Å². The fourth-order valence-corrected chi connectivity index (χ4v) is 4.21. The smallest absolute Gasteiger partial charge is 0.169 e. The van der Waals surface area contributed by atoms with Gasteiger partial charge in [0.1, 0.15) is 17.9 Å². The lowest BCUT2D eigenvalue weighted by molar-refractivity contribution is 0.258. The second kappa shape index (κ2) is 9.13. The van der Waals surface area contributed by atoms with Gasteiger partial charge < -0.3 is 25.0 Å². The summed E-state index contributed by atoms with van der Waals surface area (Å²) in [5.41, 5.74) is 10.6. The summed E-state index contributed by atoms with van der Waals surface area (Å²) in [6, 6.07) is 13.8. The number of hydrogen-bond donors (Lipinski definition) is 2. The molecule has 8 heteroatoms. The van der Waals surface area contributed by atoms with E-state index >= 15 is 0 Å². The van der Waals surface area contributed by atoms with Crippen molar-refractivity contribution in [1.82, 2.24) is 19.4 Å². The summed E-state index contributed by atoms with van der Waals surface area (Å²) < 4.78 is 7.99. The third-order valence-electron chi connectivity index (χ3n) is 5.24. The van der Waals surface area contributed by atoms with E-state index in [2.05, 4.69) is 14.5 Å². The van der Waals surface area contributed by atoms with Crippen molar-refractivity contribution >= 4 is 39.5 Å². The number of fused-ring (bicyclic) bond motifs is 3. The highest BCUT2D eigenvalue weighted by atomic mass is 32.2. The number of likely N-dealkylation sites (N-methyl/N-ethyl adjacent to an activating group) is 1. The van der Waals surface area contributed by atoms with Gasteiger partial charge in [0.15, 0.2) is 11.0 Å². The summed E-state index contributed by atoms with van der Waals surface area (Å²) in [6.45, 7) is 1.93. The van der Waals surface area contributed by atoms with Crippen LogP contribution in [-0.2, 0) is 13.2 Å². The Labute approximate surface area is 185 Å². The molecule has 0 aliphatic carbocycles. The van der Waals surface area contributed by atoms with Gasteiger partial charge in [-0.25, -0.2) is 9.97 Å². The number of pyridine rings is 1. The molecule has 0 radical (unpaired) electrons. The fourth-order valence-electron chi connectivity index (χ4n) is 3.65. The molecule has 0 atom stereocenters. The predicted octanol–water partition coefficient (Wildman–Crippen LogP) is 3.37. The highest BCUT2D eigenvalue weighted by Gasteiger charge is 2.18. The molecule has 0 amide bonds. The highest BCUT2D eigenvalue weighted by Crippen LogP contribution is 2.32. The van der Waals surface area contributed by atoms with E-state index in [0.717, 1.165) is 45.0 Å². The minimum atomic E-state index is -0.0636. The summed E-state index contributed by atoms with van der Waals surface area (Å²) in [5, 5.41) is 11.9. The molecule has 4 rings (SSSR count). The van der Waals surface area contributed by atoms with E-state index in [1.165, 1.54) is 0 Å². The molecule has 4 aromatic rings. The molecule has 0 unspecified atom stereocenters. The van der Waals surface area contributed by atoms with Crippen LogP contribution in [-0.4, -0.2) is 58.0 Å². The number of ether oxygens (including phenoxy) is 1. The topological polar surface area (TPSA) is 89.4 Å². The first-order valence-corrected chi connectivity index (χ1v) is 11.3. The lowest BCUT2D eigenvalue weighted by Gasteiger charge is -2.15. The maximum absolute atomic E-state index is 10.0. The molecule has 0 saturated heterocycles. The van der Waals surface area contributed by atoms with Crippen molar-refractivity contribution in [3.05, 3.63) is 53.6 Å². The normalized spacial score (nSPS) is 11.6. The Bertz CT molecular complexity index is 1220. The molecule has 2 heterocycles. The first kappa shape index (κ1) is 21.4. The molecular formula is C23H27N5O2S. The van der Waals surface area contributed by atoms with E-state index in [1.54, 1.807) is 11.8 Å². The number of para-hydroxylation sites is 1. The van der Waals surface area contributed by atoms with Crippen LogP contribution < -0.4 is 10.5 Å². The summed E-state index contributed by atoms with van der Waals surface area (Å²) in [6.07, 6.45) is 2.00. The van der Waals surface area contributed by atoms with Crippen molar-refractivity contribution in [3.63, 3.8) is 0 Å². The van der Waals surface area contributed by atoms with Gasteiger partial charge in [-0.05, 0) is 49.7 Å². The van der Waals surface area contributed by atoms with Crippen LogP contribution in [0.25, 0.3) is 21.9 Å². The van der Waals surface area contributed by atoms with Gasteiger partial charge in [-0.3, -0.25) is 0 Å². The minimum Gasteiger partial charge on any atom is -0.492 e. The number of benzene rings is 2. The second-order valence-corrected chi connectivity index (χ2v) is 8.41. The Balaban J connectivity index is 1.76. The zero-order valence-electron chi connectivity index (χ0n) is 18.0. The Hall–Kier alpha value is -2.81. The second-order valence-electron chi connectivity index (χ2n) is 7.64. The molecule has 0 fully saturated rings. The zero-order chi connectivity index (χ0) is 22.0. The molecule has 7 nitrogen and oxygen atoms in total. The first-order chi connectivity index (χ1) is 15.0. The standard InChI is InChI=1S/C23H27N5O2S/c1-27(2)10-11-30-17-9-8-15(16(12-17)14-29)13-28-21-18-6-4-5-7-19(18)25-22(24)20(21)26-23(28)31-3/h4-9,12,29H,10-11,13-14H2,1-3H3,(H2,24,25). The molecular weight excluding hydrogens is 410 g/mol. The monoisotopic (exact) mass is 437 g/mol. The number of imidazole rings is 1. The highest BCUT2D eigenvalue weighted by molar-refractivity contribution is 7.98. The van der Waals surface area contributed by atoms with Gasteiger partial charge >= 0.3 is 0 Å². The first-order valence-electron chi connectivity index (χ1n) is 10.1. The number of hydrogen-bond acceptors (Lipinski definition) is 7. The lowest BCUT2D eigenvalue weighted by atomic mass is 10.1. The molecule has 2 aromatic heterocycles. The number of aliphatic hydroxyl groups is 1. The van der Waals surface area contributed by atoms with E-state index < -0.39 is 0 Å². The van der Waals surface area contributed by atoms with E-state index in [9.17, 15) is 5.11 Å². The summed E-state index contributed by atoms with van der Waals surface area (Å²) in [5.74, 6) is 1.18. The summed E-state index contributed by atoms with van der Waals surface area (Å²) in [4.78, 5) is 11.3. The van der Waals surface area contributed by atoms with Crippen molar-refractivity contribution in [3.8, 4) is 5.75 Å². The Morgan fingerprint density at radius 3 is 2.68 bits per heavy atom. The number of anilines is 1. The van der Waals surface area contributed by atoms with Gasteiger partial charge in [-0.15, -0.1) is 0 Å².